The molecule has 23 heavy (non-hydrogen) atoms. The molecule has 0 spiro atoms. The Balaban J connectivity index is 1.65. The average molecular weight is 336 g/mol. The van der Waals surface area contributed by atoms with Gasteiger partial charge in [0.05, 0.1) is 10.2 Å². The van der Waals surface area contributed by atoms with E-state index in [9.17, 15) is 19.7 Å². The van der Waals surface area contributed by atoms with Crippen molar-refractivity contribution in [3.8, 4) is 0 Å². The normalized spacial score (nSPS) is 26.0. The molecular weight excluding hydrogens is 320 g/mol. The Morgan fingerprint density at radius 2 is 2.09 bits per heavy atom. The molecule has 3 rings (SSSR count). The molecule has 0 saturated carbocycles. The highest BCUT2D eigenvalue weighted by Crippen LogP contribution is 2.33. The number of rotatable bonds is 5. The number of carbonyl (C=O) groups excluding carboxylic acids is 1. The van der Waals surface area contributed by atoms with Crippen molar-refractivity contribution in [2.75, 3.05) is 5.88 Å². The molecule has 1 saturated heterocycles. The molecule has 1 aliphatic carbocycles. The van der Waals surface area contributed by atoms with Gasteiger partial charge in [-0.3, -0.25) is 25.0 Å². The number of nitrogens with one attached hydrogen (secondary N) is 1. The zero-order chi connectivity index (χ0) is 16.6. The van der Waals surface area contributed by atoms with Gasteiger partial charge >= 0.3 is 5.97 Å². The van der Waals surface area contributed by atoms with Crippen LogP contribution in [0.3, 0.4) is 0 Å². The van der Waals surface area contributed by atoms with E-state index in [1.54, 1.807) is 12.1 Å². The maximum Gasteiger partial charge on any atom is 0.322 e. The molecule has 3 atom stereocenters. The fourth-order valence-electron chi connectivity index (χ4n) is 3.28. The molecule has 122 valence electrons. The van der Waals surface area contributed by atoms with Gasteiger partial charge in [0, 0.05) is 24.4 Å². The lowest BCUT2D eigenvalue weighted by Gasteiger charge is -2.15. The van der Waals surface area contributed by atoms with E-state index in [0.717, 1.165) is 11.1 Å². The summed E-state index contributed by atoms with van der Waals surface area (Å²) in [6.07, 6.45) is 1.65. The van der Waals surface area contributed by atoms with Crippen molar-refractivity contribution in [1.29, 1.82) is 0 Å². The summed E-state index contributed by atoms with van der Waals surface area (Å²) in [7, 11) is 0. The first kappa shape index (κ1) is 15.9. The number of thioether (sulfide) groups is 1. The van der Waals surface area contributed by atoms with Gasteiger partial charge in [0.2, 0.25) is 0 Å². The minimum Gasteiger partial charge on any atom is -0.480 e. The maximum absolute atomic E-state index is 12.4. The number of hydrogen-bond acceptors (Lipinski definition) is 6. The number of hydrogen-bond donors (Lipinski definition) is 2. The number of ketones is 1. The second kappa shape index (κ2) is 6.29. The Morgan fingerprint density at radius 1 is 1.35 bits per heavy atom. The monoisotopic (exact) mass is 336 g/mol. The predicted octanol–water partition coefficient (Wildman–Crippen LogP) is 1.38. The van der Waals surface area contributed by atoms with E-state index in [-0.39, 0.29) is 17.4 Å². The van der Waals surface area contributed by atoms with Crippen molar-refractivity contribution >= 4 is 29.2 Å². The van der Waals surface area contributed by atoms with Crippen LogP contribution in [0, 0.1) is 16.0 Å². The zero-order valence-corrected chi connectivity index (χ0v) is 13.0. The fraction of sp³-hybridized carbons (Fsp3) is 0.467. The van der Waals surface area contributed by atoms with Crippen LogP contribution in [0.15, 0.2) is 18.2 Å². The van der Waals surface area contributed by atoms with Gasteiger partial charge in [0.25, 0.3) is 5.69 Å². The van der Waals surface area contributed by atoms with Crippen LogP contribution >= 0.6 is 11.8 Å². The van der Waals surface area contributed by atoms with Gasteiger partial charge in [-0.05, 0) is 29.9 Å². The van der Waals surface area contributed by atoms with E-state index in [4.69, 9.17) is 5.11 Å². The van der Waals surface area contributed by atoms with Crippen LogP contribution in [0.1, 0.15) is 17.5 Å². The number of Topliss-reactive ketones (excluding diaryl/α,β-unsaturated/α-hetero) is 1. The van der Waals surface area contributed by atoms with E-state index in [1.165, 1.54) is 17.8 Å². The summed E-state index contributed by atoms with van der Waals surface area (Å²) in [5.74, 6) is -0.502. The minimum atomic E-state index is -1.00. The summed E-state index contributed by atoms with van der Waals surface area (Å²) in [6, 6.07) is 3.99. The Bertz CT molecular complexity index is 678. The SMILES string of the molecule is O=C(CC1Cc2ccc([N+](=O)[O-])cc2C1)C1SCN[C@@H]1C(=O)O. The lowest BCUT2D eigenvalue weighted by molar-refractivity contribution is -0.384. The van der Waals surface area contributed by atoms with E-state index >= 15 is 0 Å². The molecule has 1 heterocycles. The van der Waals surface area contributed by atoms with E-state index < -0.39 is 22.2 Å². The minimum absolute atomic E-state index is 0.0558. The van der Waals surface area contributed by atoms with Crippen molar-refractivity contribution < 1.29 is 19.6 Å². The van der Waals surface area contributed by atoms with Crippen LogP contribution < -0.4 is 5.32 Å². The van der Waals surface area contributed by atoms with Gasteiger partial charge in [-0.2, -0.15) is 0 Å². The second-order valence-electron chi connectivity index (χ2n) is 5.91. The standard InChI is InChI=1S/C15H16N2O5S/c18-12(14-13(15(19)20)16-7-23-14)5-8-3-9-1-2-11(17(21)22)6-10(9)4-8/h1-2,6,8,13-14,16H,3-5,7H2,(H,19,20)/t8?,13-,14?/m0/s1. The first-order chi connectivity index (χ1) is 11.0. The number of nitro benzene ring substituents is 1. The highest BCUT2D eigenvalue weighted by Gasteiger charge is 2.39. The topological polar surface area (TPSA) is 110 Å². The number of carboxylic acids is 1. The molecule has 0 amide bonds. The summed E-state index contributed by atoms with van der Waals surface area (Å²) < 4.78 is 0. The quantitative estimate of drug-likeness (QED) is 0.617. The molecule has 2 aliphatic rings. The first-order valence-electron chi connectivity index (χ1n) is 7.32. The largest absolute Gasteiger partial charge is 0.480 e. The van der Waals surface area contributed by atoms with Crippen LogP contribution in [0.4, 0.5) is 5.69 Å². The predicted molar refractivity (Wildman–Crippen MR) is 84.4 cm³/mol. The van der Waals surface area contributed by atoms with Crippen LogP contribution in [0.25, 0.3) is 0 Å². The number of aliphatic carboxylic acids is 1. The molecule has 1 fully saturated rings. The molecule has 7 nitrogen and oxygen atoms in total. The average Bonchev–Trinajstić information content (AvgIpc) is 3.12. The molecule has 8 heteroatoms. The molecule has 0 bridgehead atoms. The lowest BCUT2D eigenvalue weighted by Crippen LogP contribution is -2.42. The molecule has 0 aromatic heterocycles. The van der Waals surface area contributed by atoms with Crippen molar-refractivity contribution in [2.45, 2.75) is 30.6 Å². The molecule has 0 radical (unpaired) electrons. The van der Waals surface area contributed by atoms with E-state index in [1.807, 2.05) is 0 Å². The Kier molecular flexibility index (Phi) is 4.36. The number of carbonyl (C=O) groups is 2. The molecule has 2 unspecified atom stereocenters. The molecule has 2 N–H and O–H groups in total. The van der Waals surface area contributed by atoms with Crippen molar-refractivity contribution in [3.05, 3.63) is 39.4 Å². The third-order valence-corrected chi connectivity index (χ3v) is 5.59. The van der Waals surface area contributed by atoms with Crippen LogP contribution in [-0.2, 0) is 22.4 Å². The molecule has 1 aromatic carbocycles. The fourth-order valence-corrected chi connectivity index (χ4v) is 4.42. The highest BCUT2D eigenvalue weighted by molar-refractivity contribution is 8.00. The summed E-state index contributed by atoms with van der Waals surface area (Å²) in [4.78, 5) is 34.0. The zero-order valence-electron chi connectivity index (χ0n) is 12.2. The first-order valence-corrected chi connectivity index (χ1v) is 8.37. The number of fused-ring (bicyclic) bond motifs is 1. The van der Waals surface area contributed by atoms with E-state index in [2.05, 4.69) is 5.32 Å². The Labute approximate surface area is 136 Å². The van der Waals surface area contributed by atoms with Gasteiger partial charge in [-0.15, -0.1) is 11.8 Å². The molecule has 1 aromatic rings. The van der Waals surface area contributed by atoms with Gasteiger partial charge in [-0.1, -0.05) is 6.07 Å². The third-order valence-electron chi connectivity index (χ3n) is 4.36. The smallest absolute Gasteiger partial charge is 0.322 e. The molecule has 1 aliphatic heterocycles. The van der Waals surface area contributed by atoms with Crippen LogP contribution in [0.2, 0.25) is 0 Å². The van der Waals surface area contributed by atoms with Crippen molar-refractivity contribution in [3.63, 3.8) is 0 Å². The number of non-ortho nitro benzene ring substituents is 1. The third kappa shape index (κ3) is 3.23. The number of nitro groups is 1. The number of benzene rings is 1. The highest BCUT2D eigenvalue weighted by atomic mass is 32.2. The van der Waals surface area contributed by atoms with Gasteiger partial charge in [0.1, 0.15) is 11.8 Å². The van der Waals surface area contributed by atoms with Crippen molar-refractivity contribution in [1.82, 2.24) is 5.32 Å². The van der Waals surface area contributed by atoms with Gasteiger partial charge in [-0.25, -0.2) is 0 Å². The van der Waals surface area contributed by atoms with E-state index in [0.29, 0.717) is 25.1 Å². The Hall–Kier alpha value is -1.93. The summed E-state index contributed by atoms with van der Waals surface area (Å²) >= 11 is 1.33. The van der Waals surface area contributed by atoms with Gasteiger partial charge < -0.3 is 5.11 Å². The molecular formula is C15H16N2O5S. The summed E-state index contributed by atoms with van der Waals surface area (Å²) in [5.41, 5.74) is 2.03. The lowest BCUT2D eigenvalue weighted by atomic mass is 9.96. The maximum atomic E-state index is 12.4. The second-order valence-corrected chi connectivity index (χ2v) is 7.04. The summed E-state index contributed by atoms with van der Waals surface area (Å²) in [5, 5.41) is 22.2. The number of nitrogens with zero attached hydrogens (tertiary/aromatic N) is 1. The van der Waals surface area contributed by atoms with Crippen LogP contribution in [0.5, 0.6) is 0 Å². The van der Waals surface area contributed by atoms with Gasteiger partial charge in [0.15, 0.2) is 0 Å². The number of carboxylic acid groups (broad SMARTS) is 1. The van der Waals surface area contributed by atoms with Crippen LogP contribution in [-0.4, -0.2) is 39.0 Å². The Morgan fingerprint density at radius 3 is 2.78 bits per heavy atom. The summed E-state index contributed by atoms with van der Waals surface area (Å²) in [6.45, 7) is 0. The van der Waals surface area contributed by atoms with Crippen molar-refractivity contribution in [2.24, 2.45) is 5.92 Å².